The summed E-state index contributed by atoms with van der Waals surface area (Å²) >= 11 is 3.70. The zero-order chi connectivity index (χ0) is 14.0. The Morgan fingerprint density at radius 3 is 2.53 bits per heavy atom. The largest absolute Gasteiger partial charge is 0.326 e. The van der Waals surface area contributed by atoms with Gasteiger partial charge in [-0.3, -0.25) is 4.90 Å². The first kappa shape index (κ1) is 15.0. The Labute approximate surface area is 125 Å². The van der Waals surface area contributed by atoms with Gasteiger partial charge in [0.2, 0.25) is 0 Å². The van der Waals surface area contributed by atoms with E-state index in [-0.39, 0.29) is 11.6 Å². The summed E-state index contributed by atoms with van der Waals surface area (Å²) in [5.41, 5.74) is 7.97. The Kier molecular flexibility index (Phi) is 4.70. The average Bonchev–Trinajstić information content (AvgIpc) is 2.51. The zero-order valence-electron chi connectivity index (χ0n) is 12.2. The van der Waals surface area contributed by atoms with Crippen molar-refractivity contribution in [2.75, 3.05) is 6.54 Å². The topological polar surface area (TPSA) is 29.3 Å². The molecule has 0 saturated carbocycles. The molecule has 19 heavy (non-hydrogen) atoms. The van der Waals surface area contributed by atoms with Crippen molar-refractivity contribution in [1.82, 2.24) is 4.90 Å². The van der Waals surface area contributed by atoms with E-state index in [0.29, 0.717) is 6.04 Å². The van der Waals surface area contributed by atoms with Crippen LogP contribution in [0.4, 0.5) is 0 Å². The molecule has 1 aromatic rings. The SMILES string of the molecule is CC(C)(C)N1CCCCC(N)C1c1ccccc1Br. The van der Waals surface area contributed by atoms with Crippen LogP contribution in [0.15, 0.2) is 28.7 Å². The molecule has 2 unspecified atom stereocenters. The molecule has 0 amide bonds. The number of benzene rings is 1. The van der Waals surface area contributed by atoms with E-state index in [1.54, 1.807) is 0 Å². The molecule has 1 saturated heterocycles. The number of halogens is 1. The first-order valence-electron chi connectivity index (χ1n) is 7.18. The molecule has 0 radical (unpaired) electrons. The Morgan fingerprint density at radius 2 is 1.89 bits per heavy atom. The van der Waals surface area contributed by atoms with Gasteiger partial charge in [-0.05, 0) is 51.8 Å². The van der Waals surface area contributed by atoms with E-state index in [2.05, 4.69) is 65.9 Å². The van der Waals surface area contributed by atoms with Crippen molar-refractivity contribution in [3.8, 4) is 0 Å². The van der Waals surface area contributed by atoms with Crippen LogP contribution >= 0.6 is 15.9 Å². The van der Waals surface area contributed by atoms with Crippen LogP contribution in [0.1, 0.15) is 51.6 Å². The highest BCUT2D eigenvalue weighted by molar-refractivity contribution is 9.10. The lowest BCUT2D eigenvalue weighted by atomic mass is 9.92. The summed E-state index contributed by atoms with van der Waals surface area (Å²) in [6, 6.07) is 9.01. The van der Waals surface area contributed by atoms with E-state index in [1.165, 1.54) is 22.9 Å². The van der Waals surface area contributed by atoms with E-state index < -0.39 is 0 Å². The molecule has 2 rings (SSSR count). The van der Waals surface area contributed by atoms with Crippen LogP contribution in [0, 0.1) is 0 Å². The predicted octanol–water partition coefficient (Wildman–Crippen LogP) is 4.10. The standard InChI is InChI=1S/C16H25BrN2/c1-16(2,3)19-11-7-6-10-14(18)15(19)12-8-4-5-9-13(12)17/h4-5,8-9,14-15H,6-7,10-11,18H2,1-3H3. The molecule has 1 aliphatic rings. The molecular formula is C16H25BrN2. The van der Waals surface area contributed by atoms with Crippen LogP contribution in [0.5, 0.6) is 0 Å². The van der Waals surface area contributed by atoms with E-state index >= 15 is 0 Å². The van der Waals surface area contributed by atoms with Crippen LogP contribution in [0.25, 0.3) is 0 Å². The maximum Gasteiger partial charge on any atom is 0.0515 e. The minimum atomic E-state index is 0.141. The maximum atomic E-state index is 6.50. The van der Waals surface area contributed by atoms with Gasteiger partial charge in [-0.15, -0.1) is 0 Å². The summed E-state index contributed by atoms with van der Waals surface area (Å²) in [6.45, 7) is 7.99. The quantitative estimate of drug-likeness (QED) is 0.842. The average molecular weight is 325 g/mol. The summed E-state index contributed by atoms with van der Waals surface area (Å²) < 4.78 is 1.17. The lowest BCUT2D eigenvalue weighted by Crippen LogP contribution is -2.49. The van der Waals surface area contributed by atoms with E-state index in [0.717, 1.165) is 13.0 Å². The number of likely N-dealkylation sites (tertiary alicyclic amines) is 1. The number of nitrogens with two attached hydrogens (primary N) is 1. The first-order chi connectivity index (χ1) is 8.91. The maximum absolute atomic E-state index is 6.50. The molecule has 0 aliphatic carbocycles. The summed E-state index contributed by atoms with van der Waals surface area (Å²) in [5.74, 6) is 0. The second-order valence-corrected chi connectivity index (χ2v) is 7.34. The van der Waals surface area contributed by atoms with E-state index in [1.807, 2.05) is 0 Å². The van der Waals surface area contributed by atoms with Gasteiger partial charge in [0, 0.05) is 16.1 Å². The molecule has 1 aliphatic heterocycles. The van der Waals surface area contributed by atoms with Crippen LogP contribution < -0.4 is 5.73 Å². The van der Waals surface area contributed by atoms with Gasteiger partial charge >= 0.3 is 0 Å². The van der Waals surface area contributed by atoms with Gasteiger partial charge in [0.25, 0.3) is 0 Å². The summed E-state index contributed by atoms with van der Waals surface area (Å²) in [5, 5.41) is 0. The van der Waals surface area contributed by atoms with Crippen molar-refractivity contribution in [3.63, 3.8) is 0 Å². The minimum Gasteiger partial charge on any atom is -0.326 e. The van der Waals surface area contributed by atoms with Crippen molar-refractivity contribution in [3.05, 3.63) is 34.3 Å². The third-order valence-corrected chi connectivity index (χ3v) is 4.74. The lowest BCUT2D eigenvalue weighted by Gasteiger charge is -2.43. The summed E-state index contributed by atoms with van der Waals surface area (Å²) in [4.78, 5) is 2.57. The van der Waals surface area contributed by atoms with Gasteiger partial charge in [0.15, 0.2) is 0 Å². The molecular weight excluding hydrogens is 300 g/mol. The highest BCUT2D eigenvalue weighted by atomic mass is 79.9. The fourth-order valence-electron chi connectivity index (χ4n) is 3.06. The van der Waals surface area contributed by atoms with E-state index in [4.69, 9.17) is 5.73 Å². The highest BCUT2D eigenvalue weighted by Crippen LogP contribution is 2.37. The van der Waals surface area contributed by atoms with Crippen LogP contribution in [0.3, 0.4) is 0 Å². The molecule has 1 heterocycles. The van der Waals surface area contributed by atoms with Gasteiger partial charge in [0.1, 0.15) is 0 Å². The second kappa shape index (κ2) is 5.94. The van der Waals surface area contributed by atoms with Crippen molar-refractivity contribution in [2.45, 2.75) is 57.7 Å². The number of rotatable bonds is 1. The fourth-order valence-corrected chi connectivity index (χ4v) is 3.58. The Morgan fingerprint density at radius 1 is 1.21 bits per heavy atom. The predicted molar refractivity (Wildman–Crippen MR) is 85.2 cm³/mol. The molecule has 2 N–H and O–H groups in total. The monoisotopic (exact) mass is 324 g/mol. The van der Waals surface area contributed by atoms with Crippen molar-refractivity contribution in [2.24, 2.45) is 5.73 Å². The lowest BCUT2D eigenvalue weighted by molar-refractivity contribution is 0.0752. The Balaban J connectivity index is 2.43. The fraction of sp³-hybridized carbons (Fsp3) is 0.625. The van der Waals surface area contributed by atoms with Gasteiger partial charge in [-0.25, -0.2) is 0 Å². The molecule has 0 bridgehead atoms. The van der Waals surface area contributed by atoms with Crippen LogP contribution in [0.2, 0.25) is 0 Å². The molecule has 2 nitrogen and oxygen atoms in total. The number of hydrogen-bond acceptors (Lipinski definition) is 2. The molecule has 0 aromatic heterocycles. The third kappa shape index (κ3) is 3.39. The summed E-state index contributed by atoms with van der Waals surface area (Å²) in [7, 11) is 0. The van der Waals surface area contributed by atoms with Gasteiger partial charge < -0.3 is 5.73 Å². The number of nitrogens with zero attached hydrogens (tertiary/aromatic N) is 1. The minimum absolute atomic E-state index is 0.141. The molecule has 3 heteroatoms. The molecule has 1 fully saturated rings. The molecule has 2 atom stereocenters. The first-order valence-corrected chi connectivity index (χ1v) is 7.97. The molecule has 0 spiro atoms. The van der Waals surface area contributed by atoms with Crippen LogP contribution in [-0.2, 0) is 0 Å². The third-order valence-electron chi connectivity index (χ3n) is 4.01. The Hall–Kier alpha value is -0.380. The Bertz CT molecular complexity index is 425. The zero-order valence-corrected chi connectivity index (χ0v) is 13.8. The number of hydrogen-bond donors (Lipinski definition) is 1. The molecule has 106 valence electrons. The summed E-state index contributed by atoms with van der Waals surface area (Å²) in [6.07, 6.45) is 3.58. The van der Waals surface area contributed by atoms with Gasteiger partial charge in [-0.2, -0.15) is 0 Å². The van der Waals surface area contributed by atoms with Crippen LogP contribution in [-0.4, -0.2) is 23.0 Å². The highest BCUT2D eigenvalue weighted by Gasteiger charge is 2.35. The van der Waals surface area contributed by atoms with E-state index in [9.17, 15) is 0 Å². The van der Waals surface area contributed by atoms with Gasteiger partial charge in [0.05, 0.1) is 6.04 Å². The smallest absolute Gasteiger partial charge is 0.0515 e. The van der Waals surface area contributed by atoms with Crippen molar-refractivity contribution >= 4 is 15.9 Å². The van der Waals surface area contributed by atoms with Crippen molar-refractivity contribution < 1.29 is 0 Å². The normalized spacial score (nSPS) is 26.2. The van der Waals surface area contributed by atoms with Gasteiger partial charge in [-0.1, -0.05) is 40.5 Å². The van der Waals surface area contributed by atoms with Crippen molar-refractivity contribution in [1.29, 1.82) is 0 Å². The second-order valence-electron chi connectivity index (χ2n) is 6.49. The molecule has 1 aromatic carbocycles.